The Morgan fingerprint density at radius 1 is 0.400 bits per heavy atom. The Balaban J connectivity index is 0.000000339. The van der Waals surface area contributed by atoms with Gasteiger partial charge in [0.25, 0.3) is 0 Å². The summed E-state index contributed by atoms with van der Waals surface area (Å²) in [6.07, 6.45) is 11.2. The van der Waals surface area contributed by atoms with E-state index in [1.807, 2.05) is 73.6 Å². The third-order valence-corrected chi connectivity index (χ3v) is 4.07. The monoisotopic (exact) mass is 488 g/mol. The Morgan fingerprint density at radius 3 is 0.640 bits per heavy atom. The van der Waals surface area contributed by atoms with Gasteiger partial charge in [0.05, 0.1) is 0 Å². The van der Waals surface area contributed by atoms with Crippen molar-refractivity contribution in [2.45, 2.75) is 14.1 Å². The van der Waals surface area contributed by atoms with Crippen LogP contribution in [0.1, 0.15) is 14.1 Å². The van der Waals surface area contributed by atoms with E-state index >= 15 is 0 Å². The zero-order valence-corrected chi connectivity index (χ0v) is 18.7. The predicted octanol–water partition coefficient (Wildman–Crippen LogP) is 3.11. The van der Waals surface area contributed by atoms with Gasteiger partial charge in [-0.25, -0.2) is 14.1 Å². The molecule has 0 aliphatic heterocycles. The molecular weight excluding hydrogens is 474 g/mol. The summed E-state index contributed by atoms with van der Waals surface area (Å²) in [6, 6.07) is 11.5. The minimum atomic E-state index is -0.231. The molecule has 0 saturated heterocycles. The standard InChI is InChI=1S/3C5H7NS2.Co/c3*7-5(8)6-3-1-2-4-6;/h3*1-5,7-8H;/p-6. The van der Waals surface area contributed by atoms with Crippen molar-refractivity contribution in [1.82, 2.24) is 13.7 Å². The molecule has 0 saturated carbocycles. The van der Waals surface area contributed by atoms with E-state index in [2.05, 4.69) is 0 Å². The van der Waals surface area contributed by atoms with Crippen LogP contribution in [0.5, 0.6) is 0 Å². The zero-order chi connectivity index (χ0) is 17.9. The molecule has 3 aromatic rings. The summed E-state index contributed by atoms with van der Waals surface area (Å²) in [4.78, 5) is 0. The molecule has 3 rings (SSSR count). The fraction of sp³-hybridized carbons (Fsp3) is 0.200. The van der Waals surface area contributed by atoms with Crippen LogP contribution in [0.15, 0.2) is 73.6 Å². The van der Waals surface area contributed by atoms with Crippen LogP contribution in [0.25, 0.3) is 0 Å². The summed E-state index contributed by atoms with van der Waals surface area (Å²) in [5.41, 5.74) is 0. The van der Waals surface area contributed by atoms with E-state index < -0.39 is 0 Å². The third kappa shape index (κ3) is 11.0. The third-order valence-electron chi connectivity index (χ3n) is 2.61. The maximum Gasteiger partial charge on any atom is 0 e. The number of nitrogens with zero attached hydrogens (tertiary/aromatic N) is 3. The molecular formula is C15H15CoN3S6-6. The second-order valence-corrected chi connectivity index (χ2v) is 7.89. The largest absolute Gasteiger partial charge is 0.794 e. The second kappa shape index (κ2) is 14.5. The van der Waals surface area contributed by atoms with Crippen LogP contribution in [0, 0.1) is 0 Å². The normalized spacial score (nSPS) is 9.96. The Kier molecular flexibility index (Phi) is 14.8. The molecule has 0 unspecified atom stereocenters. The number of aromatic nitrogens is 3. The van der Waals surface area contributed by atoms with Gasteiger partial charge in [0.15, 0.2) is 0 Å². The minimum absolute atomic E-state index is 0. The number of rotatable bonds is 3. The van der Waals surface area contributed by atoms with E-state index in [1.54, 1.807) is 13.7 Å². The first kappa shape index (κ1) is 25.4. The fourth-order valence-corrected chi connectivity index (χ4v) is 2.31. The van der Waals surface area contributed by atoms with Crippen molar-refractivity contribution in [3.8, 4) is 0 Å². The van der Waals surface area contributed by atoms with Gasteiger partial charge in [0.2, 0.25) is 0 Å². The Hall–Kier alpha value is 0.446. The molecule has 0 N–H and O–H groups in total. The van der Waals surface area contributed by atoms with Crippen LogP contribution in [-0.2, 0) is 92.6 Å². The van der Waals surface area contributed by atoms with Crippen LogP contribution in [0.4, 0.5) is 0 Å². The van der Waals surface area contributed by atoms with E-state index in [1.165, 1.54) is 0 Å². The van der Waals surface area contributed by atoms with Crippen LogP contribution in [0.2, 0.25) is 0 Å². The first-order valence-corrected chi connectivity index (χ1v) is 9.57. The average Bonchev–Trinajstić information content (AvgIpc) is 3.29. The van der Waals surface area contributed by atoms with Gasteiger partial charge in [-0.3, -0.25) is 0 Å². The molecule has 0 atom stereocenters. The van der Waals surface area contributed by atoms with E-state index in [0.29, 0.717) is 0 Å². The molecule has 25 heavy (non-hydrogen) atoms. The molecule has 0 fully saturated rings. The Bertz CT molecular complexity index is 533. The Morgan fingerprint density at radius 2 is 0.560 bits per heavy atom. The molecule has 0 aromatic carbocycles. The van der Waals surface area contributed by atoms with Crippen molar-refractivity contribution < 1.29 is 16.8 Å². The van der Waals surface area contributed by atoms with E-state index in [-0.39, 0.29) is 30.9 Å². The average molecular weight is 489 g/mol. The maximum atomic E-state index is 4.78. The van der Waals surface area contributed by atoms with Crippen molar-refractivity contribution in [3.05, 3.63) is 73.6 Å². The van der Waals surface area contributed by atoms with Gasteiger partial charge < -0.3 is 89.5 Å². The molecule has 1 radical (unpaired) electrons. The molecule has 0 aliphatic rings. The van der Waals surface area contributed by atoms with E-state index in [0.717, 1.165) is 0 Å². The van der Waals surface area contributed by atoms with Crippen molar-refractivity contribution in [3.63, 3.8) is 0 Å². The first-order chi connectivity index (χ1) is 11.4. The molecule has 0 aliphatic carbocycles. The molecule has 0 amide bonds. The van der Waals surface area contributed by atoms with Crippen LogP contribution < -0.4 is 0 Å². The second-order valence-electron chi connectivity index (χ2n) is 4.31. The summed E-state index contributed by atoms with van der Waals surface area (Å²) in [5.74, 6) is 0. The number of hydrogen-bond donors (Lipinski definition) is 0. The molecule has 0 bridgehead atoms. The SMILES string of the molecule is [Co].[S-]C([S-])n1cccc1.[S-]C([S-])n1cccc1.[S-]C([S-])n1cccc1. The van der Waals surface area contributed by atoms with Crippen molar-refractivity contribution in [2.24, 2.45) is 0 Å². The van der Waals surface area contributed by atoms with Gasteiger partial charge >= 0.3 is 0 Å². The Labute approximate surface area is 192 Å². The zero-order valence-electron chi connectivity index (χ0n) is 12.8. The quantitative estimate of drug-likeness (QED) is 0.523. The van der Waals surface area contributed by atoms with Gasteiger partial charge in [-0.2, -0.15) is 0 Å². The van der Waals surface area contributed by atoms with Gasteiger partial charge in [-0.1, -0.05) is 0 Å². The molecule has 141 valence electrons. The van der Waals surface area contributed by atoms with Crippen molar-refractivity contribution in [1.29, 1.82) is 0 Å². The van der Waals surface area contributed by atoms with E-state index in [4.69, 9.17) is 75.8 Å². The van der Waals surface area contributed by atoms with Gasteiger partial charge in [0.1, 0.15) is 0 Å². The minimum Gasteiger partial charge on any atom is -0.794 e. The number of hydrogen-bond acceptors (Lipinski definition) is 6. The summed E-state index contributed by atoms with van der Waals surface area (Å²) < 4.78 is 4.69. The van der Waals surface area contributed by atoms with Gasteiger partial charge in [0, 0.05) is 16.8 Å². The fourth-order valence-electron chi connectivity index (χ4n) is 1.47. The summed E-state index contributed by atoms with van der Waals surface area (Å²) in [6.45, 7) is 0. The van der Waals surface area contributed by atoms with Gasteiger partial charge in [-0.15, -0.1) is 0 Å². The summed E-state index contributed by atoms with van der Waals surface area (Å²) in [5, 5.41) is 0. The first-order valence-electron chi connectivity index (χ1n) is 6.74. The van der Waals surface area contributed by atoms with Crippen molar-refractivity contribution >= 4 is 75.8 Å². The topological polar surface area (TPSA) is 14.8 Å². The van der Waals surface area contributed by atoms with E-state index in [9.17, 15) is 0 Å². The molecule has 3 nitrogen and oxygen atoms in total. The molecule has 3 aromatic heterocycles. The summed E-state index contributed by atoms with van der Waals surface area (Å²) in [7, 11) is 0. The molecule has 3 heterocycles. The predicted molar refractivity (Wildman–Crippen MR) is 115 cm³/mol. The van der Waals surface area contributed by atoms with Crippen LogP contribution in [0.3, 0.4) is 0 Å². The van der Waals surface area contributed by atoms with Crippen molar-refractivity contribution in [2.75, 3.05) is 0 Å². The summed E-state index contributed by atoms with van der Waals surface area (Å²) >= 11 is 28.7. The molecule has 10 heteroatoms. The van der Waals surface area contributed by atoms with Crippen LogP contribution in [-0.4, -0.2) is 13.7 Å². The van der Waals surface area contributed by atoms with Crippen LogP contribution >= 0.6 is 0 Å². The molecule has 0 spiro atoms. The van der Waals surface area contributed by atoms with Gasteiger partial charge in [-0.05, 0) is 73.6 Å². The maximum absolute atomic E-state index is 4.78. The smallest absolute Gasteiger partial charge is 0 e.